The maximum atomic E-state index is 10.7. The van der Waals surface area contributed by atoms with Gasteiger partial charge in [0.05, 0.1) is 11.6 Å². The zero-order valence-electron chi connectivity index (χ0n) is 5.88. The molecule has 0 aliphatic rings. The van der Waals surface area contributed by atoms with Gasteiger partial charge in [0.15, 0.2) is 0 Å². The Morgan fingerprint density at radius 1 is 1.67 bits per heavy atom. The minimum atomic E-state index is -0.630. The Hall–Kier alpha value is -0.860. The zero-order chi connectivity index (χ0) is 7.49. The number of ketones is 1. The third-order valence-electron chi connectivity index (χ3n) is 1.29. The lowest BCUT2D eigenvalue weighted by atomic mass is 9.91. The standard InChI is InChI=1S/C6H11NO2/c1-5(8)6(2,3)4-7-9/h4,9H,1-3H3/b7-4+. The number of rotatable bonds is 2. The lowest BCUT2D eigenvalue weighted by Crippen LogP contribution is -2.22. The van der Waals surface area contributed by atoms with Crippen molar-refractivity contribution in [3.05, 3.63) is 0 Å². The van der Waals surface area contributed by atoms with Gasteiger partial charge in [0, 0.05) is 0 Å². The molecule has 3 heteroatoms. The molecule has 0 aromatic rings. The van der Waals surface area contributed by atoms with Crippen molar-refractivity contribution in [1.29, 1.82) is 0 Å². The highest BCUT2D eigenvalue weighted by Gasteiger charge is 2.20. The lowest BCUT2D eigenvalue weighted by molar-refractivity contribution is -0.121. The van der Waals surface area contributed by atoms with E-state index < -0.39 is 5.41 Å². The Labute approximate surface area is 54.4 Å². The molecule has 0 heterocycles. The maximum absolute atomic E-state index is 10.7. The molecule has 0 spiro atoms. The van der Waals surface area contributed by atoms with E-state index in [0.29, 0.717) is 0 Å². The summed E-state index contributed by atoms with van der Waals surface area (Å²) in [5, 5.41) is 10.9. The lowest BCUT2D eigenvalue weighted by Gasteiger charge is -2.12. The van der Waals surface area contributed by atoms with Crippen LogP contribution in [0.1, 0.15) is 20.8 Å². The summed E-state index contributed by atoms with van der Waals surface area (Å²) < 4.78 is 0. The highest BCUT2D eigenvalue weighted by Crippen LogP contribution is 2.11. The molecule has 52 valence electrons. The van der Waals surface area contributed by atoms with Crippen molar-refractivity contribution in [3.8, 4) is 0 Å². The second-order valence-electron chi connectivity index (χ2n) is 2.52. The first-order valence-electron chi connectivity index (χ1n) is 2.70. The van der Waals surface area contributed by atoms with Crippen LogP contribution < -0.4 is 0 Å². The van der Waals surface area contributed by atoms with Crippen molar-refractivity contribution < 1.29 is 10.0 Å². The van der Waals surface area contributed by atoms with Gasteiger partial charge < -0.3 is 5.21 Å². The average molecular weight is 129 g/mol. The molecular formula is C6H11NO2. The first-order chi connectivity index (χ1) is 4.00. The summed E-state index contributed by atoms with van der Waals surface area (Å²) in [5.41, 5.74) is -0.630. The molecular weight excluding hydrogens is 118 g/mol. The highest BCUT2D eigenvalue weighted by molar-refractivity contribution is 5.97. The van der Waals surface area contributed by atoms with Gasteiger partial charge in [0.25, 0.3) is 0 Å². The molecule has 0 aliphatic heterocycles. The number of nitrogens with zero attached hydrogens (tertiary/aromatic N) is 1. The van der Waals surface area contributed by atoms with E-state index >= 15 is 0 Å². The molecule has 0 aromatic heterocycles. The van der Waals surface area contributed by atoms with E-state index in [2.05, 4.69) is 5.16 Å². The molecule has 0 aliphatic carbocycles. The van der Waals surface area contributed by atoms with Gasteiger partial charge >= 0.3 is 0 Å². The van der Waals surface area contributed by atoms with Crippen LogP contribution in [0.2, 0.25) is 0 Å². The highest BCUT2D eigenvalue weighted by atomic mass is 16.4. The summed E-state index contributed by atoms with van der Waals surface area (Å²) in [4.78, 5) is 10.7. The predicted octanol–water partition coefficient (Wildman–Crippen LogP) is 1.06. The first kappa shape index (κ1) is 8.14. The van der Waals surface area contributed by atoms with Crippen LogP contribution in [0.5, 0.6) is 0 Å². The number of carbonyl (C=O) groups excluding carboxylic acids is 1. The molecule has 0 saturated heterocycles. The fraction of sp³-hybridized carbons (Fsp3) is 0.667. The molecule has 0 atom stereocenters. The second-order valence-corrected chi connectivity index (χ2v) is 2.52. The molecule has 0 aromatic carbocycles. The van der Waals surface area contributed by atoms with E-state index in [4.69, 9.17) is 5.21 Å². The SMILES string of the molecule is CC(=O)C(C)(C)/C=N/O. The van der Waals surface area contributed by atoms with Gasteiger partial charge in [-0.2, -0.15) is 0 Å². The van der Waals surface area contributed by atoms with E-state index in [1.165, 1.54) is 13.1 Å². The molecule has 0 radical (unpaired) electrons. The van der Waals surface area contributed by atoms with Gasteiger partial charge in [-0.05, 0) is 20.8 Å². The van der Waals surface area contributed by atoms with Gasteiger partial charge in [-0.25, -0.2) is 0 Å². The van der Waals surface area contributed by atoms with Crippen LogP contribution in [0.3, 0.4) is 0 Å². The Kier molecular flexibility index (Phi) is 2.37. The van der Waals surface area contributed by atoms with Crippen LogP contribution in [-0.4, -0.2) is 17.2 Å². The molecule has 0 amide bonds. The van der Waals surface area contributed by atoms with Gasteiger partial charge in [-0.1, -0.05) is 0 Å². The summed E-state index contributed by atoms with van der Waals surface area (Å²) in [7, 11) is 0. The summed E-state index contributed by atoms with van der Waals surface area (Å²) in [6.07, 6.45) is 1.22. The summed E-state index contributed by atoms with van der Waals surface area (Å²) >= 11 is 0. The zero-order valence-corrected chi connectivity index (χ0v) is 5.88. The summed E-state index contributed by atoms with van der Waals surface area (Å²) in [5.74, 6) is -0.0136. The van der Waals surface area contributed by atoms with E-state index in [1.54, 1.807) is 13.8 Å². The van der Waals surface area contributed by atoms with E-state index in [-0.39, 0.29) is 5.78 Å². The van der Waals surface area contributed by atoms with Gasteiger partial charge in [-0.3, -0.25) is 4.79 Å². The molecule has 0 rings (SSSR count). The van der Waals surface area contributed by atoms with Crippen LogP contribution in [0.4, 0.5) is 0 Å². The maximum Gasteiger partial charge on any atom is 0.140 e. The Bertz CT molecular complexity index is 138. The van der Waals surface area contributed by atoms with Crippen molar-refractivity contribution >= 4 is 12.0 Å². The molecule has 0 unspecified atom stereocenters. The number of Topliss-reactive ketones (excluding diaryl/α,β-unsaturated/α-hetero) is 1. The van der Waals surface area contributed by atoms with E-state index in [0.717, 1.165) is 0 Å². The van der Waals surface area contributed by atoms with Crippen molar-refractivity contribution in [2.45, 2.75) is 20.8 Å². The van der Waals surface area contributed by atoms with Crippen LogP contribution >= 0.6 is 0 Å². The molecule has 0 bridgehead atoms. The summed E-state index contributed by atoms with van der Waals surface area (Å²) in [6, 6.07) is 0. The van der Waals surface area contributed by atoms with Crippen molar-refractivity contribution in [3.63, 3.8) is 0 Å². The van der Waals surface area contributed by atoms with Crippen molar-refractivity contribution in [2.75, 3.05) is 0 Å². The molecule has 0 saturated carbocycles. The Balaban J connectivity index is 4.19. The van der Waals surface area contributed by atoms with Crippen molar-refractivity contribution in [2.24, 2.45) is 10.6 Å². The Morgan fingerprint density at radius 3 is 2.22 bits per heavy atom. The Morgan fingerprint density at radius 2 is 2.11 bits per heavy atom. The monoisotopic (exact) mass is 129 g/mol. The van der Waals surface area contributed by atoms with Gasteiger partial charge in [0.1, 0.15) is 5.78 Å². The van der Waals surface area contributed by atoms with Crippen LogP contribution in [0.15, 0.2) is 5.16 Å². The number of carbonyl (C=O) groups is 1. The average Bonchev–Trinajstić information content (AvgIpc) is 1.65. The number of oxime groups is 1. The molecule has 9 heavy (non-hydrogen) atoms. The molecule has 3 nitrogen and oxygen atoms in total. The smallest absolute Gasteiger partial charge is 0.140 e. The van der Waals surface area contributed by atoms with Gasteiger partial charge in [-0.15, -0.1) is 5.16 Å². The third kappa shape index (κ3) is 2.26. The minimum absolute atomic E-state index is 0.0136. The predicted molar refractivity (Wildman–Crippen MR) is 34.7 cm³/mol. The van der Waals surface area contributed by atoms with Crippen LogP contribution in [0.25, 0.3) is 0 Å². The summed E-state index contributed by atoms with van der Waals surface area (Å²) in [6.45, 7) is 4.84. The van der Waals surface area contributed by atoms with Crippen LogP contribution in [-0.2, 0) is 4.79 Å². The fourth-order valence-corrected chi connectivity index (χ4v) is 0.235. The van der Waals surface area contributed by atoms with Crippen molar-refractivity contribution in [1.82, 2.24) is 0 Å². The van der Waals surface area contributed by atoms with Gasteiger partial charge in [0.2, 0.25) is 0 Å². The molecule has 1 N–H and O–H groups in total. The van der Waals surface area contributed by atoms with E-state index in [1.807, 2.05) is 0 Å². The number of hydrogen-bond donors (Lipinski definition) is 1. The fourth-order valence-electron chi connectivity index (χ4n) is 0.235. The van der Waals surface area contributed by atoms with E-state index in [9.17, 15) is 4.79 Å². The number of hydrogen-bond acceptors (Lipinski definition) is 3. The van der Waals surface area contributed by atoms with Crippen LogP contribution in [0, 0.1) is 5.41 Å². The second kappa shape index (κ2) is 2.62. The quantitative estimate of drug-likeness (QED) is 0.344. The normalized spacial score (nSPS) is 12.3. The minimum Gasteiger partial charge on any atom is -0.411 e. The third-order valence-corrected chi connectivity index (χ3v) is 1.29. The molecule has 0 fully saturated rings. The largest absolute Gasteiger partial charge is 0.411 e. The topological polar surface area (TPSA) is 49.7 Å². The first-order valence-corrected chi connectivity index (χ1v) is 2.70.